The molecule has 1 fully saturated rings. The maximum Gasteiger partial charge on any atom is 0.231 e. The minimum absolute atomic E-state index is 0.0491. The zero-order chi connectivity index (χ0) is 19.6. The molecule has 1 amide bonds. The van der Waals surface area contributed by atoms with Crippen LogP contribution in [0.5, 0.6) is 11.5 Å². The van der Waals surface area contributed by atoms with E-state index in [9.17, 15) is 4.79 Å². The van der Waals surface area contributed by atoms with Gasteiger partial charge in [0, 0.05) is 36.8 Å². The van der Waals surface area contributed by atoms with Gasteiger partial charge < -0.3 is 24.1 Å². The first kappa shape index (κ1) is 18.1. The second-order valence-electron chi connectivity index (χ2n) is 7.62. The Hall–Kier alpha value is -2.99. The van der Waals surface area contributed by atoms with Crippen LogP contribution in [0.25, 0.3) is 10.9 Å². The van der Waals surface area contributed by atoms with E-state index >= 15 is 0 Å². The van der Waals surface area contributed by atoms with Gasteiger partial charge >= 0.3 is 0 Å². The smallest absolute Gasteiger partial charge is 0.231 e. The van der Waals surface area contributed by atoms with Crippen LogP contribution in [0.15, 0.2) is 48.7 Å². The van der Waals surface area contributed by atoms with Crippen LogP contribution in [0.1, 0.15) is 17.5 Å². The largest absolute Gasteiger partial charge is 0.454 e. The van der Waals surface area contributed by atoms with E-state index < -0.39 is 0 Å². The minimum Gasteiger partial charge on any atom is -0.454 e. The van der Waals surface area contributed by atoms with Gasteiger partial charge in [0.2, 0.25) is 12.7 Å². The number of hydrogen-bond donors (Lipinski definition) is 1. The molecule has 3 aromatic rings. The normalized spacial score (nSPS) is 17.7. The van der Waals surface area contributed by atoms with E-state index in [2.05, 4.69) is 17.1 Å². The molecule has 6 nitrogen and oxygen atoms in total. The molecule has 6 heteroatoms. The zero-order valence-electron chi connectivity index (χ0n) is 16.2. The zero-order valence-corrected chi connectivity index (χ0v) is 16.2. The highest BCUT2D eigenvalue weighted by Crippen LogP contribution is 2.33. The molecule has 0 saturated carbocycles. The monoisotopic (exact) mass is 392 g/mol. The van der Waals surface area contributed by atoms with Crippen molar-refractivity contribution in [1.82, 2.24) is 9.88 Å². The lowest BCUT2D eigenvalue weighted by molar-refractivity contribution is -0.136. The summed E-state index contributed by atoms with van der Waals surface area (Å²) in [6.45, 7) is 2.64. The van der Waals surface area contributed by atoms with Crippen molar-refractivity contribution in [2.45, 2.75) is 19.4 Å². The summed E-state index contributed by atoms with van der Waals surface area (Å²) in [5.74, 6) is 1.62. The molecule has 5 rings (SSSR count). The molecule has 2 aliphatic rings. The van der Waals surface area contributed by atoms with Crippen LogP contribution in [0.4, 0.5) is 0 Å². The standard InChI is InChI=1S/C23H24N2O4/c26-23(18-8-10-27-14-18)25(13-16-5-6-21-22(11-16)29-15-28-21)9-7-17-12-24-20-4-2-1-3-19(17)20/h1-6,11-12,18,24H,7-10,13-15H2. The van der Waals surface area contributed by atoms with Gasteiger partial charge in [0.05, 0.1) is 12.5 Å². The van der Waals surface area contributed by atoms with Crippen LogP contribution in [0, 0.1) is 5.92 Å². The molecule has 29 heavy (non-hydrogen) atoms. The summed E-state index contributed by atoms with van der Waals surface area (Å²) >= 11 is 0. The summed E-state index contributed by atoms with van der Waals surface area (Å²) in [6.07, 6.45) is 3.64. The number of amides is 1. The fourth-order valence-corrected chi connectivity index (χ4v) is 4.11. The van der Waals surface area contributed by atoms with E-state index in [0.717, 1.165) is 35.4 Å². The Bertz CT molecular complexity index is 1020. The molecule has 2 aliphatic heterocycles. The number of ether oxygens (including phenoxy) is 3. The van der Waals surface area contributed by atoms with Gasteiger partial charge in [-0.15, -0.1) is 0 Å². The molecule has 0 bridgehead atoms. The first-order valence-corrected chi connectivity index (χ1v) is 10.1. The molecule has 2 aromatic carbocycles. The number of carbonyl (C=O) groups is 1. The molecule has 0 spiro atoms. The maximum absolute atomic E-state index is 13.2. The van der Waals surface area contributed by atoms with Crippen molar-refractivity contribution in [3.63, 3.8) is 0 Å². The van der Waals surface area contributed by atoms with Crippen LogP contribution in [0.2, 0.25) is 0 Å². The lowest BCUT2D eigenvalue weighted by atomic mass is 10.1. The van der Waals surface area contributed by atoms with E-state index in [1.807, 2.05) is 41.4 Å². The third kappa shape index (κ3) is 3.68. The van der Waals surface area contributed by atoms with Crippen molar-refractivity contribution in [3.8, 4) is 11.5 Å². The van der Waals surface area contributed by atoms with Gasteiger partial charge in [-0.05, 0) is 42.2 Å². The maximum atomic E-state index is 13.2. The van der Waals surface area contributed by atoms with E-state index in [1.165, 1.54) is 10.9 Å². The number of fused-ring (bicyclic) bond motifs is 2. The fourth-order valence-electron chi connectivity index (χ4n) is 4.11. The Morgan fingerprint density at radius 1 is 1.14 bits per heavy atom. The van der Waals surface area contributed by atoms with Gasteiger partial charge in [0.1, 0.15) is 0 Å². The van der Waals surface area contributed by atoms with Gasteiger partial charge in [-0.25, -0.2) is 0 Å². The molecule has 1 aromatic heterocycles. The molecule has 150 valence electrons. The number of rotatable bonds is 6. The molecule has 1 saturated heterocycles. The van der Waals surface area contributed by atoms with Crippen molar-refractivity contribution in [1.29, 1.82) is 0 Å². The molecule has 1 unspecified atom stereocenters. The van der Waals surface area contributed by atoms with Crippen molar-refractivity contribution < 1.29 is 19.0 Å². The van der Waals surface area contributed by atoms with Gasteiger partial charge in [0.15, 0.2) is 11.5 Å². The van der Waals surface area contributed by atoms with Crippen LogP contribution in [0.3, 0.4) is 0 Å². The van der Waals surface area contributed by atoms with Gasteiger partial charge in [-0.2, -0.15) is 0 Å². The van der Waals surface area contributed by atoms with E-state index in [1.54, 1.807) is 0 Å². The van der Waals surface area contributed by atoms with Crippen molar-refractivity contribution >= 4 is 16.8 Å². The second kappa shape index (κ2) is 7.79. The quantitative estimate of drug-likeness (QED) is 0.697. The molecule has 0 radical (unpaired) electrons. The number of benzene rings is 2. The SMILES string of the molecule is O=C(C1CCOC1)N(CCc1c[nH]c2ccccc12)Cc1ccc2c(c1)OCO2. The molecular formula is C23H24N2O4. The summed E-state index contributed by atoms with van der Waals surface area (Å²) in [7, 11) is 0. The highest BCUT2D eigenvalue weighted by molar-refractivity contribution is 5.83. The summed E-state index contributed by atoms with van der Waals surface area (Å²) in [6, 6.07) is 14.2. The number of nitrogens with one attached hydrogen (secondary N) is 1. The second-order valence-corrected chi connectivity index (χ2v) is 7.62. The lowest BCUT2D eigenvalue weighted by Gasteiger charge is -2.25. The first-order chi connectivity index (χ1) is 14.3. The highest BCUT2D eigenvalue weighted by atomic mass is 16.7. The third-order valence-corrected chi connectivity index (χ3v) is 5.73. The summed E-state index contributed by atoms with van der Waals surface area (Å²) in [5, 5.41) is 1.21. The number of nitrogens with zero attached hydrogens (tertiary/aromatic N) is 1. The number of aromatic nitrogens is 1. The summed E-state index contributed by atoms with van der Waals surface area (Å²) in [5.41, 5.74) is 3.40. The minimum atomic E-state index is -0.0491. The highest BCUT2D eigenvalue weighted by Gasteiger charge is 2.28. The number of aromatic amines is 1. The topological polar surface area (TPSA) is 63.8 Å². The van der Waals surface area contributed by atoms with Gasteiger partial charge in [0.25, 0.3) is 0 Å². The van der Waals surface area contributed by atoms with Gasteiger partial charge in [-0.3, -0.25) is 4.79 Å². The molecular weight excluding hydrogens is 368 g/mol. The first-order valence-electron chi connectivity index (χ1n) is 10.1. The lowest BCUT2D eigenvalue weighted by Crippen LogP contribution is -2.37. The summed E-state index contributed by atoms with van der Waals surface area (Å²) < 4.78 is 16.4. The van der Waals surface area contributed by atoms with Crippen LogP contribution in [-0.4, -0.2) is 42.3 Å². The number of hydrogen-bond acceptors (Lipinski definition) is 4. The fraction of sp³-hybridized carbons (Fsp3) is 0.348. The third-order valence-electron chi connectivity index (χ3n) is 5.73. The van der Waals surface area contributed by atoms with Crippen molar-refractivity contribution in [2.24, 2.45) is 5.92 Å². The molecule has 1 N–H and O–H groups in total. The Morgan fingerprint density at radius 2 is 2.03 bits per heavy atom. The van der Waals surface area contributed by atoms with E-state index in [-0.39, 0.29) is 18.6 Å². The Labute approximate surface area is 169 Å². The predicted molar refractivity (Wildman–Crippen MR) is 109 cm³/mol. The number of carbonyl (C=O) groups excluding carboxylic acids is 1. The molecule has 0 aliphatic carbocycles. The Morgan fingerprint density at radius 3 is 2.93 bits per heavy atom. The average molecular weight is 392 g/mol. The van der Waals surface area contributed by atoms with Gasteiger partial charge in [-0.1, -0.05) is 24.3 Å². The van der Waals surface area contributed by atoms with Crippen LogP contribution < -0.4 is 9.47 Å². The Balaban J connectivity index is 1.35. The van der Waals surface area contributed by atoms with Crippen molar-refractivity contribution in [2.75, 3.05) is 26.6 Å². The van der Waals surface area contributed by atoms with Crippen LogP contribution in [-0.2, 0) is 22.5 Å². The number of para-hydroxylation sites is 1. The van der Waals surface area contributed by atoms with Crippen molar-refractivity contribution in [3.05, 3.63) is 59.8 Å². The van der Waals surface area contributed by atoms with E-state index in [0.29, 0.717) is 26.3 Å². The van der Waals surface area contributed by atoms with Crippen LogP contribution >= 0.6 is 0 Å². The summed E-state index contributed by atoms with van der Waals surface area (Å²) in [4.78, 5) is 18.5. The predicted octanol–water partition coefficient (Wildman–Crippen LogP) is 3.50. The average Bonchev–Trinajstić information content (AvgIpc) is 3.51. The number of H-pyrrole nitrogens is 1. The molecule has 1 atom stereocenters. The Kier molecular flexibility index (Phi) is 4.86. The van der Waals surface area contributed by atoms with E-state index in [4.69, 9.17) is 14.2 Å². The molecule has 3 heterocycles.